The van der Waals surface area contributed by atoms with Crippen molar-refractivity contribution in [2.75, 3.05) is 20.2 Å². The van der Waals surface area contributed by atoms with E-state index < -0.39 is 0 Å². The largest absolute Gasteiger partial charge is 0.369 e. The highest BCUT2D eigenvalue weighted by atomic mass is 16.5. The lowest BCUT2D eigenvalue weighted by atomic mass is 9.93. The van der Waals surface area contributed by atoms with Gasteiger partial charge in [-0.15, -0.1) is 0 Å². The first-order valence-corrected chi connectivity index (χ1v) is 4.03. The maximum absolute atomic E-state index is 5.43. The Kier molecular flexibility index (Phi) is 1.66. The van der Waals surface area contributed by atoms with Crippen molar-refractivity contribution in [3.8, 4) is 0 Å². The lowest BCUT2D eigenvalue weighted by Gasteiger charge is -2.39. The average molecular weight is 167 g/mol. The molecule has 1 aromatic heterocycles. The minimum absolute atomic E-state index is 0.165. The third-order valence-corrected chi connectivity index (χ3v) is 2.39. The second-order valence-electron chi connectivity index (χ2n) is 3.18. The van der Waals surface area contributed by atoms with Gasteiger partial charge < -0.3 is 10.1 Å². The minimum Gasteiger partial charge on any atom is -0.369 e. The number of hydrogen-bond acceptors (Lipinski definition) is 3. The molecule has 12 heavy (non-hydrogen) atoms. The Hall–Kier alpha value is -0.870. The maximum atomic E-state index is 5.43. The maximum Gasteiger partial charge on any atom is 0.136 e. The fourth-order valence-corrected chi connectivity index (χ4v) is 1.44. The van der Waals surface area contributed by atoms with E-state index in [-0.39, 0.29) is 5.60 Å². The van der Waals surface area contributed by atoms with Gasteiger partial charge in [-0.05, 0) is 6.07 Å². The summed E-state index contributed by atoms with van der Waals surface area (Å²) in [6.45, 7) is 1.72. The lowest BCUT2D eigenvalue weighted by Crippen LogP contribution is -2.58. The van der Waals surface area contributed by atoms with Gasteiger partial charge in [-0.25, -0.2) is 0 Å². The molecule has 4 heteroatoms. The Bertz CT molecular complexity index is 272. The fourth-order valence-electron chi connectivity index (χ4n) is 1.44. The van der Waals surface area contributed by atoms with Crippen LogP contribution in [0.3, 0.4) is 0 Å². The molecule has 1 aliphatic heterocycles. The number of nitrogens with zero attached hydrogens (tertiary/aromatic N) is 2. The monoisotopic (exact) mass is 167 g/mol. The molecule has 1 saturated heterocycles. The van der Waals surface area contributed by atoms with Crippen LogP contribution in [0.2, 0.25) is 0 Å². The second-order valence-corrected chi connectivity index (χ2v) is 3.18. The number of hydrogen-bond donors (Lipinski definition) is 1. The first-order chi connectivity index (χ1) is 5.77. The Morgan fingerprint density at radius 1 is 1.67 bits per heavy atom. The van der Waals surface area contributed by atoms with E-state index in [1.54, 1.807) is 11.8 Å². The summed E-state index contributed by atoms with van der Waals surface area (Å²) in [7, 11) is 3.65. The van der Waals surface area contributed by atoms with Crippen LogP contribution in [0.15, 0.2) is 12.3 Å². The van der Waals surface area contributed by atoms with Crippen molar-refractivity contribution < 1.29 is 4.74 Å². The van der Waals surface area contributed by atoms with Gasteiger partial charge in [0.25, 0.3) is 0 Å². The van der Waals surface area contributed by atoms with Crippen LogP contribution in [0.25, 0.3) is 0 Å². The molecule has 0 bridgehead atoms. The molecule has 1 aliphatic rings. The highest BCUT2D eigenvalue weighted by Gasteiger charge is 2.40. The van der Waals surface area contributed by atoms with Crippen molar-refractivity contribution in [3.05, 3.63) is 18.0 Å². The van der Waals surface area contributed by atoms with E-state index in [1.807, 2.05) is 19.3 Å². The van der Waals surface area contributed by atoms with E-state index in [4.69, 9.17) is 4.74 Å². The molecule has 0 saturated carbocycles. The normalized spacial score (nSPS) is 20.5. The molecule has 0 spiro atoms. The summed E-state index contributed by atoms with van der Waals surface area (Å²) in [6.07, 6.45) is 1.94. The number of aryl methyl sites for hydroxylation is 1. The van der Waals surface area contributed by atoms with Crippen molar-refractivity contribution in [2.45, 2.75) is 5.60 Å². The summed E-state index contributed by atoms with van der Waals surface area (Å²) >= 11 is 0. The van der Waals surface area contributed by atoms with Crippen molar-refractivity contribution in [1.29, 1.82) is 0 Å². The molecule has 2 heterocycles. The predicted octanol–water partition coefficient (Wildman–Crippen LogP) is -0.135. The van der Waals surface area contributed by atoms with Crippen LogP contribution < -0.4 is 5.32 Å². The van der Waals surface area contributed by atoms with E-state index in [2.05, 4.69) is 10.4 Å². The number of ether oxygens (including phenoxy) is 1. The number of methoxy groups -OCH3 is 1. The van der Waals surface area contributed by atoms with Crippen molar-refractivity contribution in [1.82, 2.24) is 15.1 Å². The molecular weight excluding hydrogens is 154 g/mol. The molecule has 0 aromatic carbocycles. The lowest BCUT2D eigenvalue weighted by molar-refractivity contribution is -0.0601. The number of nitrogens with one attached hydrogen (secondary N) is 1. The van der Waals surface area contributed by atoms with Gasteiger partial charge in [0.15, 0.2) is 0 Å². The zero-order valence-electron chi connectivity index (χ0n) is 7.37. The highest BCUT2D eigenvalue weighted by Crippen LogP contribution is 2.27. The minimum atomic E-state index is -0.165. The molecule has 0 radical (unpaired) electrons. The summed E-state index contributed by atoms with van der Waals surface area (Å²) in [4.78, 5) is 0. The zero-order valence-corrected chi connectivity index (χ0v) is 7.37. The molecule has 0 unspecified atom stereocenters. The van der Waals surface area contributed by atoms with E-state index >= 15 is 0 Å². The van der Waals surface area contributed by atoms with Gasteiger partial charge in [0, 0.05) is 33.4 Å². The topological polar surface area (TPSA) is 39.1 Å². The summed E-state index contributed by atoms with van der Waals surface area (Å²) in [5.41, 5.74) is 0.854. The fraction of sp³-hybridized carbons (Fsp3) is 0.625. The van der Waals surface area contributed by atoms with Crippen molar-refractivity contribution in [3.63, 3.8) is 0 Å². The Morgan fingerprint density at radius 2 is 2.42 bits per heavy atom. The van der Waals surface area contributed by atoms with Gasteiger partial charge in [-0.2, -0.15) is 5.10 Å². The number of rotatable bonds is 2. The summed E-state index contributed by atoms with van der Waals surface area (Å²) < 4.78 is 7.23. The molecule has 0 aliphatic carbocycles. The van der Waals surface area contributed by atoms with Crippen LogP contribution in [0.5, 0.6) is 0 Å². The molecule has 66 valence electrons. The van der Waals surface area contributed by atoms with Gasteiger partial charge in [0.05, 0.1) is 5.69 Å². The van der Waals surface area contributed by atoms with Crippen LogP contribution in [0.4, 0.5) is 0 Å². The third kappa shape index (κ3) is 0.956. The summed E-state index contributed by atoms with van der Waals surface area (Å²) in [5.74, 6) is 0. The molecule has 4 nitrogen and oxygen atoms in total. The first kappa shape index (κ1) is 7.76. The first-order valence-electron chi connectivity index (χ1n) is 4.03. The van der Waals surface area contributed by atoms with Crippen molar-refractivity contribution in [2.24, 2.45) is 7.05 Å². The van der Waals surface area contributed by atoms with Crippen LogP contribution >= 0.6 is 0 Å². The quantitative estimate of drug-likeness (QED) is 0.666. The molecule has 1 aromatic rings. The molecule has 1 N–H and O–H groups in total. The van der Waals surface area contributed by atoms with Crippen LogP contribution in [0.1, 0.15) is 5.69 Å². The standard InChI is InChI=1S/C8H13N3O/c1-11-4-3-7(10-11)8(12-2)5-9-6-8/h3-4,9H,5-6H2,1-2H3. The van der Waals surface area contributed by atoms with Gasteiger partial charge in [-0.3, -0.25) is 4.68 Å². The Morgan fingerprint density at radius 3 is 2.75 bits per heavy atom. The molecule has 0 amide bonds. The van der Waals surface area contributed by atoms with Crippen LogP contribution in [-0.4, -0.2) is 30.0 Å². The van der Waals surface area contributed by atoms with Crippen molar-refractivity contribution >= 4 is 0 Å². The van der Waals surface area contributed by atoms with E-state index in [1.165, 1.54) is 0 Å². The molecule has 1 fully saturated rings. The Labute approximate surface area is 71.5 Å². The predicted molar refractivity (Wildman–Crippen MR) is 44.8 cm³/mol. The van der Waals surface area contributed by atoms with E-state index in [9.17, 15) is 0 Å². The van der Waals surface area contributed by atoms with Gasteiger partial charge in [0.1, 0.15) is 5.60 Å². The second kappa shape index (κ2) is 2.57. The molecule has 0 atom stereocenters. The van der Waals surface area contributed by atoms with Gasteiger partial charge in [0.2, 0.25) is 0 Å². The highest BCUT2D eigenvalue weighted by molar-refractivity contribution is 5.16. The smallest absolute Gasteiger partial charge is 0.136 e. The van der Waals surface area contributed by atoms with E-state index in [0.29, 0.717) is 0 Å². The number of aromatic nitrogens is 2. The molecule has 2 rings (SSSR count). The van der Waals surface area contributed by atoms with Gasteiger partial charge >= 0.3 is 0 Å². The average Bonchev–Trinajstić information content (AvgIpc) is 2.35. The Balaban J connectivity index is 2.27. The summed E-state index contributed by atoms with van der Waals surface area (Å²) in [6, 6.07) is 2.00. The van der Waals surface area contributed by atoms with Crippen LogP contribution in [0, 0.1) is 0 Å². The van der Waals surface area contributed by atoms with Gasteiger partial charge in [-0.1, -0.05) is 0 Å². The SMILES string of the molecule is COC1(c2ccn(C)n2)CNC1. The van der Waals surface area contributed by atoms with E-state index in [0.717, 1.165) is 18.8 Å². The zero-order chi connectivity index (χ0) is 8.60. The molecular formula is C8H13N3O. The third-order valence-electron chi connectivity index (χ3n) is 2.39. The summed E-state index contributed by atoms with van der Waals surface area (Å²) in [5, 5.41) is 7.51. The van der Waals surface area contributed by atoms with Crippen LogP contribution in [-0.2, 0) is 17.4 Å².